The quantitative estimate of drug-likeness (QED) is 0.600. The number of hydrogen-bond acceptors (Lipinski definition) is 3. The second-order valence-corrected chi connectivity index (χ2v) is 1.68. The van der Waals surface area contributed by atoms with Crippen molar-refractivity contribution in [1.29, 1.82) is 0 Å². The molecule has 0 bridgehead atoms. The van der Waals surface area contributed by atoms with Gasteiger partial charge in [-0.2, -0.15) is 4.98 Å². The zero-order valence-corrected chi connectivity index (χ0v) is 5.20. The van der Waals surface area contributed by atoms with Crippen LogP contribution in [0.5, 0.6) is 5.88 Å². The van der Waals surface area contributed by atoms with Crippen molar-refractivity contribution in [1.82, 2.24) is 9.97 Å². The van der Waals surface area contributed by atoms with Crippen molar-refractivity contribution in [3.63, 3.8) is 0 Å². The lowest BCUT2D eigenvalue weighted by Crippen LogP contribution is -1.89. The predicted octanol–water partition coefficient (Wildman–Crippen LogP) is 0.745. The van der Waals surface area contributed by atoms with Gasteiger partial charge in [0, 0.05) is 18.7 Å². The van der Waals surface area contributed by atoms with Crippen LogP contribution in [0, 0.1) is 0 Å². The molecule has 1 N–H and O–H groups in total. The van der Waals surface area contributed by atoms with E-state index in [4.69, 9.17) is 5.11 Å². The SMILES string of the molecule is CCc1nccc(O)n1. The molecule has 0 radical (unpaired) electrons. The third kappa shape index (κ3) is 1.38. The van der Waals surface area contributed by atoms with Crippen LogP contribution in [0.3, 0.4) is 0 Å². The summed E-state index contributed by atoms with van der Waals surface area (Å²) in [4.78, 5) is 7.62. The van der Waals surface area contributed by atoms with Gasteiger partial charge in [0.25, 0.3) is 0 Å². The van der Waals surface area contributed by atoms with Gasteiger partial charge in [0.2, 0.25) is 5.88 Å². The molecular formula is C6H8N2O. The van der Waals surface area contributed by atoms with Crippen molar-refractivity contribution < 1.29 is 5.11 Å². The number of aromatic nitrogens is 2. The number of hydrogen-bond donors (Lipinski definition) is 1. The summed E-state index contributed by atoms with van der Waals surface area (Å²) in [6.45, 7) is 1.94. The first-order valence-corrected chi connectivity index (χ1v) is 2.84. The minimum absolute atomic E-state index is 0.0434. The van der Waals surface area contributed by atoms with Crippen molar-refractivity contribution in [2.45, 2.75) is 13.3 Å². The fourth-order valence-electron chi connectivity index (χ4n) is 0.559. The Morgan fingerprint density at radius 3 is 2.89 bits per heavy atom. The van der Waals surface area contributed by atoms with Crippen molar-refractivity contribution >= 4 is 0 Å². The Balaban J connectivity index is 2.94. The molecule has 0 aliphatic rings. The summed E-state index contributed by atoms with van der Waals surface area (Å²) in [7, 11) is 0. The molecule has 9 heavy (non-hydrogen) atoms. The van der Waals surface area contributed by atoms with Crippen LogP contribution in [0.4, 0.5) is 0 Å². The van der Waals surface area contributed by atoms with Gasteiger partial charge in [-0.15, -0.1) is 0 Å². The third-order valence-electron chi connectivity index (χ3n) is 1.01. The van der Waals surface area contributed by atoms with E-state index in [2.05, 4.69) is 9.97 Å². The van der Waals surface area contributed by atoms with Crippen LogP contribution in [-0.4, -0.2) is 15.1 Å². The molecular weight excluding hydrogens is 116 g/mol. The normalized spacial score (nSPS) is 9.44. The second-order valence-electron chi connectivity index (χ2n) is 1.68. The first kappa shape index (κ1) is 6.01. The highest BCUT2D eigenvalue weighted by molar-refractivity contribution is 5.05. The van der Waals surface area contributed by atoms with Gasteiger partial charge in [0.1, 0.15) is 5.82 Å². The Bertz CT molecular complexity index is 200. The van der Waals surface area contributed by atoms with Gasteiger partial charge in [-0.3, -0.25) is 0 Å². The maximum absolute atomic E-state index is 8.79. The van der Waals surface area contributed by atoms with Gasteiger partial charge >= 0.3 is 0 Å². The molecule has 1 aromatic rings. The van der Waals surface area contributed by atoms with Crippen LogP contribution >= 0.6 is 0 Å². The molecule has 0 aliphatic heterocycles. The van der Waals surface area contributed by atoms with E-state index >= 15 is 0 Å². The molecule has 0 amide bonds. The van der Waals surface area contributed by atoms with Crippen molar-refractivity contribution in [3.05, 3.63) is 18.1 Å². The molecule has 48 valence electrons. The first-order chi connectivity index (χ1) is 4.33. The molecule has 3 heteroatoms. The number of aryl methyl sites for hydroxylation is 1. The standard InChI is InChI=1S/C6H8N2O/c1-2-5-7-4-3-6(9)8-5/h3-4H,2H2,1H3,(H,7,8,9). The maximum Gasteiger partial charge on any atom is 0.214 e. The summed E-state index contributed by atoms with van der Waals surface area (Å²) >= 11 is 0. The first-order valence-electron chi connectivity index (χ1n) is 2.84. The van der Waals surface area contributed by atoms with Crippen LogP contribution in [-0.2, 0) is 6.42 Å². The highest BCUT2D eigenvalue weighted by atomic mass is 16.3. The van der Waals surface area contributed by atoms with E-state index in [0.29, 0.717) is 5.82 Å². The van der Waals surface area contributed by atoms with Crippen molar-refractivity contribution in [3.8, 4) is 5.88 Å². The van der Waals surface area contributed by atoms with Crippen LogP contribution < -0.4 is 0 Å². The van der Waals surface area contributed by atoms with Gasteiger partial charge in [-0.05, 0) is 0 Å². The number of aromatic hydroxyl groups is 1. The minimum atomic E-state index is 0.0434. The highest BCUT2D eigenvalue weighted by Gasteiger charge is 1.91. The van der Waals surface area contributed by atoms with E-state index in [9.17, 15) is 0 Å². The van der Waals surface area contributed by atoms with Gasteiger partial charge < -0.3 is 5.11 Å². The molecule has 1 rings (SSSR count). The lowest BCUT2D eigenvalue weighted by atomic mass is 10.4. The van der Waals surface area contributed by atoms with Gasteiger partial charge in [0.15, 0.2) is 0 Å². The topological polar surface area (TPSA) is 46.0 Å². The molecule has 0 atom stereocenters. The van der Waals surface area contributed by atoms with Crippen LogP contribution in [0.15, 0.2) is 12.3 Å². The summed E-state index contributed by atoms with van der Waals surface area (Å²) in [6.07, 6.45) is 2.30. The van der Waals surface area contributed by atoms with E-state index in [0.717, 1.165) is 6.42 Å². The Morgan fingerprint density at radius 2 is 2.44 bits per heavy atom. The molecule has 0 saturated carbocycles. The van der Waals surface area contributed by atoms with Crippen LogP contribution in [0.2, 0.25) is 0 Å². The number of nitrogens with zero attached hydrogens (tertiary/aromatic N) is 2. The van der Waals surface area contributed by atoms with E-state index in [-0.39, 0.29) is 5.88 Å². The van der Waals surface area contributed by atoms with Gasteiger partial charge in [-0.25, -0.2) is 4.98 Å². The monoisotopic (exact) mass is 124 g/mol. The van der Waals surface area contributed by atoms with Crippen LogP contribution in [0.1, 0.15) is 12.7 Å². The zero-order chi connectivity index (χ0) is 6.69. The largest absolute Gasteiger partial charge is 0.493 e. The van der Waals surface area contributed by atoms with E-state index in [1.807, 2.05) is 6.92 Å². The smallest absolute Gasteiger partial charge is 0.214 e. The fraction of sp³-hybridized carbons (Fsp3) is 0.333. The Hall–Kier alpha value is -1.12. The Morgan fingerprint density at radius 1 is 1.67 bits per heavy atom. The summed E-state index contributed by atoms with van der Waals surface area (Å²) in [6, 6.07) is 1.46. The minimum Gasteiger partial charge on any atom is -0.493 e. The molecule has 1 heterocycles. The lowest BCUT2D eigenvalue weighted by Gasteiger charge is -1.92. The molecule has 0 unspecified atom stereocenters. The van der Waals surface area contributed by atoms with Crippen LogP contribution in [0.25, 0.3) is 0 Å². The highest BCUT2D eigenvalue weighted by Crippen LogP contribution is 2.00. The fourth-order valence-corrected chi connectivity index (χ4v) is 0.559. The number of rotatable bonds is 1. The average molecular weight is 124 g/mol. The molecule has 0 spiro atoms. The predicted molar refractivity (Wildman–Crippen MR) is 33.1 cm³/mol. The van der Waals surface area contributed by atoms with E-state index in [1.165, 1.54) is 6.07 Å². The summed E-state index contributed by atoms with van der Waals surface area (Å²) in [5, 5.41) is 8.79. The molecule has 1 aromatic heterocycles. The summed E-state index contributed by atoms with van der Waals surface area (Å²) < 4.78 is 0. The maximum atomic E-state index is 8.79. The van der Waals surface area contributed by atoms with Gasteiger partial charge in [-0.1, -0.05) is 6.92 Å². The van der Waals surface area contributed by atoms with E-state index in [1.54, 1.807) is 6.20 Å². The molecule has 0 aromatic carbocycles. The summed E-state index contributed by atoms with van der Waals surface area (Å²) in [5.41, 5.74) is 0. The second kappa shape index (κ2) is 2.44. The van der Waals surface area contributed by atoms with Crippen molar-refractivity contribution in [2.75, 3.05) is 0 Å². The van der Waals surface area contributed by atoms with Crippen molar-refractivity contribution in [2.24, 2.45) is 0 Å². The Labute approximate surface area is 53.4 Å². The van der Waals surface area contributed by atoms with E-state index < -0.39 is 0 Å². The van der Waals surface area contributed by atoms with Gasteiger partial charge in [0.05, 0.1) is 0 Å². The zero-order valence-electron chi connectivity index (χ0n) is 5.20. The summed E-state index contributed by atoms with van der Waals surface area (Å²) in [5.74, 6) is 0.719. The molecule has 0 fully saturated rings. The molecule has 0 saturated heterocycles. The molecule has 0 aliphatic carbocycles. The lowest BCUT2D eigenvalue weighted by molar-refractivity contribution is 0.449. The molecule has 3 nitrogen and oxygen atoms in total. The third-order valence-corrected chi connectivity index (χ3v) is 1.01. The average Bonchev–Trinajstić information content (AvgIpc) is 1.88. The Kier molecular flexibility index (Phi) is 1.63.